The largest absolute Gasteiger partial charge is 0.493 e. The molecule has 1 atom stereocenters. The normalized spacial score (nSPS) is 12.7. The molecule has 0 aliphatic rings. The van der Waals surface area contributed by atoms with Crippen LogP contribution in [0.4, 0.5) is 5.69 Å². The molecule has 0 saturated carbocycles. The maximum atomic E-state index is 5.30. The summed E-state index contributed by atoms with van der Waals surface area (Å²) in [5.74, 6) is 1.88. The molecule has 3 nitrogen and oxygen atoms in total. The quantitative estimate of drug-likeness (QED) is 0.783. The zero-order valence-electron chi connectivity index (χ0n) is 11.1. The molecule has 0 aliphatic carbocycles. The van der Waals surface area contributed by atoms with Crippen LogP contribution in [-0.2, 0) is 0 Å². The Hall–Kier alpha value is -1.25. The fourth-order valence-corrected chi connectivity index (χ4v) is 1.55. The molecule has 90 valence electrons. The first-order chi connectivity index (χ1) is 7.47. The van der Waals surface area contributed by atoms with E-state index >= 15 is 0 Å². The van der Waals surface area contributed by atoms with Gasteiger partial charge in [-0.25, -0.2) is 0 Å². The van der Waals surface area contributed by atoms with Crippen molar-refractivity contribution in [3.63, 3.8) is 0 Å². The third-order valence-electron chi connectivity index (χ3n) is 3.04. The van der Waals surface area contributed by atoms with Crippen LogP contribution < -0.4 is 9.64 Å². The van der Waals surface area contributed by atoms with E-state index < -0.39 is 0 Å². The molecule has 1 unspecified atom stereocenters. The summed E-state index contributed by atoms with van der Waals surface area (Å²) in [5, 5.41) is 0. The molecule has 0 radical (unpaired) electrons. The first-order valence-electron chi connectivity index (χ1n) is 5.68. The van der Waals surface area contributed by atoms with E-state index in [9.17, 15) is 0 Å². The standard InChI is InChI=1S/C13H22N2O/c1-9(2)10(3)11-7-12(15(4)5)13(16-6)8-14-11/h7-10H,1-6H3. The van der Waals surface area contributed by atoms with Crippen molar-refractivity contribution in [3.05, 3.63) is 18.0 Å². The van der Waals surface area contributed by atoms with Crippen molar-refractivity contribution < 1.29 is 4.74 Å². The molecule has 0 N–H and O–H groups in total. The molecule has 1 aromatic heterocycles. The van der Waals surface area contributed by atoms with Crippen molar-refractivity contribution >= 4 is 5.69 Å². The molecule has 1 rings (SSSR count). The van der Waals surface area contributed by atoms with Gasteiger partial charge in [0.05, 0.1) is 19.0 Å². The van der Waals surface area contributed by atoms with Gasteiger partial charge in [-0.05, 0) is 12.0 Å². The fraction of sp³-hybridized carbons (Fsp3) is 0.615. The van der Waals surface area contributed by atoms with Gasteiger partial charge in [-0.2, -0.15) is 0 Å². The lowest BCUT2D eigenvalue weighted by Crippen LogP contribution is -2.12. The van der Waals surface area contributed by atoms with Gasteiger partial charge in [0, 0.05) is 25.7 Å². The summed E-state index contributed by atoms with van der Waals surface area (Å²) in [7, 11) is 5.71. The number of ether oxygens (including phenoxy) is 1. The van der Waals surface area contributed by atoms with Gasteiger partial charge < -0.3 is 9.64 Å². The maximum Gasteiger partial charge on any atom is 0.160 e. The SMILES string of the molecule is COc1cnc(C(C)C(C)C)cc1N(C)C. The van der Waals surface area contributed by atoms with Crippen LogP contribution in [0.15, 0.2) is 12.3 Å². The third kappa shape index (κ3) is 2.65. The van der Waals surface area contributed by atoms with Crippen LogP contribution in [0.5, 0.6) is 5.75 Å². The minimum absolute atomic E-state index is 0.463. The van der Waals surface area contributed by atoms with Crippen LogP contribution in [0.25, 0.3) is 0 Å². The molecule has 0 saturated heterocycles. The van der Waals surface area contributed by atoms with Crippen LogP contribution in [0.3, 0.4) is 0 Å². The van der Waals surface area contributed by atoms with Crippen molar-refractivity contribution in [3.8, 4) is 5.75 Å². The van der Waals surface area contributed by atoms with Crippen molar-refractivity contribution in [2.75, 3.05) is 26.1 Å². The molecule has 0 aromatic carbocycles. The van der Waals surface area contributed by atoms with E-state index in [1.807, 2.05) is 20.3 Å². The van der Waals surface area contributed by atoms with Crippen molar-refractivity contribution in [2.24, 2.45) is 5.92 Å². The van der Waals surface area contributed by atoms with Gasteiger partial charge in [-0.1, -0.05) is 20.8 Å². The van der Waals surface area contributed by atoms with Crippen molar-refractivity contribution in [1.29, 1.82) is 0 Å². The number of hydrogen-bond donors (Lipinski definition) is 0. The number of rotatable bonds is 4. The number of hydrogen-bond acceptors (Lipinski definition) is 3. The van der Waals surface area contributed by atoms with E-state index in [0.717, 1.165) is 17.1 Å². The van der Waals surface area contributed by atoms with E-state index in [4.69, 9.17) is 4.74 Å². The van der Waals surface area contributed by atoms with Crippen molar-refractivity contribution in [2.45, 2.75) is 26.7 Å². The average Bonchev–Trinajstić information content (AvgIpc) is 2.26. The highest BCUT2D eigenvalue weighted by molar-refractivity contribution is 5.57. The average molecular weight is 222 g/mol. The summed E-state index contributed by atoms with van der Waals surface area (Å²) in [6.45, 7) is 6.64. The summed E-state index contributed by atoms with van der Waals surface area (Å²) in [6.07, 6.45) is 1.81. The summed E-state index contributed by atoms with van der Waals surface area (Å²) >= 11 is 0. The Kier molecular flexibility index (Phi) is 4.16. The Morgan fingerprint density at radius 2 is 1.88 bits per heavy atom. The smallest absolute Gasteiger partial charge is 0.160 e. The Morgan fingerprint density at radius 3 is 2.31 bits per heavy atom. The Labute approximate surface area is 98.4 Å². The number of nitrogens with zero attached hydrogens (tertiary/aromatic N) is 2. The van der Waals surface area contributed by atoms with Gasteiger partial charge in [-0.3, -0.25) is 4.98 Å². The van der Waals surface area contributed by atoms with E-state index in [1.54, 1.807) is 7.11 Å². The van der Waals surface area contributed by atoms with Gasteiger partial charge in [0.15, 0.2) is 5.75 Å². The maximum absolute atomic E-state index is 5.30. The molecule has 16 heavy (non-hydrogen) atoms. The highest BCUT2D eigenvalue weighted by Crippen LogP contribution is 2.30. The molecular weight excluding hydrogens is 200 g/mol. The molecule has 0 aliphatic heterocycles. The molecule has 1 heterocycles. The molecule has 3 heteroatoms. The van der Waals surface area contributed by atoms with Crippen LogP contribution in [0.1, 0.15) is 32.4 Å². The summed E-state index contributed by atoms with van der Waals surface area (Å²) < 4.78 is 5.30. The predicted octanol–water partition coefficient (Wildman–Crippen LogP) is 2.92. The number of aromatic nitrogens is 1. The minimum Gasteiger partial charge on any atom is -0.493 e. The Bertz CT molecular complexity index is 348. The third-order valence-corrected chi connectivity index (χ3v) is 3.04. The lowest BCUT2D eigenvalue weighted by atomic mass is 9.94. The summed E-state index contributed by atoms with van der Waals surface area (Å²) in [5.41, 5.74) is 2.21. The van der Waals surface area contributed by atoms with Gasteiger partial charge in [0.2, 0.25) is 0 Å². The second-order valence-corrected chi connectivity index (χ2v) is 4.71. The van der Waals surface area contributed by atoms with E-state index in [2.05, 4.69) is 36.7 Å². The number of anilines is 1. The Morgan fingerprint density at radius 1 is 1.25 bits per heavy atom. The highest BCUT2D eigenvalue weighted by Gasteiger charge is 2.14. The highest BCUT2D eigenvalue weighted by atomic mass is 16.5. The lowest BCUT2D eigenvalue weighted by molar-refractivity contribution is 0.412. The Balaban J connectivity index is 3.11. The molecular formula is C13H22N2O. The summed E-state index contributed by atoms with van der Waals surface area (Å²) in [4.78, 5) is 6.51. The van der Waals surface area contributed by atoms with E-state index in [-0.39, 0.29) is 0 Å². The second kappa shape index (κ2) is 5.19. The van der Waals surface area contributed by atoms with Gasteiger partial charge in [0.25, 0.3) is 0 Å². The number of methoxy groups -OCH3 is 1. The first-order valence-corrected chi connectivity index (χ1v) is 5.68. The van der Waals surface area contributed by atoms with Gasteiger partial charge in [0.1, 0.15) is 0 Å². The van der Waals surface area contributed by atoms with E-state index in [1.165, 1.54) is 0 Å². The lowest BCUT2D eigenvalue weighted by Gasteiger charge is -2.20. The van der Waals surface area contributed by atoms with Crippen LogP contribution in [0.2, 0.25) is 0 Å². The zero-order chi connectivity index (χ0) is 12.3. The van der Waals surface area contributed by atoms with Crippen molar-refractivity contribution in [1.82, 2.24) is 4.98 Å². The van der Waals surface area contributed by atoms with Crippen LogP contribution in [0, 0.1) is 5.92 Å². The van der Waals surface area contributed by atoms with Gasteiger partial charge in [-0.15, -0.1) is 0 Å². The minimum atomic E-state index is 0.463. The molecule has 0 bridgehead atoms. The zero-order valence-corrected chi connectivity index (χ0v) is 11.1. The van der Waals surface area contributed by atoms with Crippen LogP contribution >= 0.6 is 0 Å². The molecule has 1 aromatic rings. The molecule has 0 amide bonds. The fourth-order valence-electron chi connectivity index (χ4n) is 1.55. The van der Waals surface area contributed by atoms with E-state index in [0.29, 0.717) is 11.8 Å². The topological polar surface area (TPSA) is 25.4 Å². The second-order valence-electron chi connectivity index (χ2n) is 4.71. The monoisotopic (exact) mass is 222 g/mol. The first kappa shape index (κ1) is 12.8. The molecule has 0 spiro atoms. The summed E-state index contributed by atoms with van der Waals surface area (Å²) in [6, 6.07) is 2.11. The number of pyridine rings is 1. The van der Waals surface area contributed by atoms with Crippen LogP contribution in [-0.4, -0.2) is 26.2 Å². The molecule has 0 fully saturated rings. The predicted molar refractivity (Wildman–Crippen MR) is 68.4 cm³/mol. The van der Waals surface area contributed by atoms with Gasteiger partial charge >= 0.3 is 0 Å².